The van der Waals surface area contributed by atoms with Crippen molar-refractivity contribution < 1.29 is 0 Å². The summed E-state index contributed by atoms with van der Waals surface area (Å²) in [6, 6.07) is 0.788. The van der Waals surface area contributed by atoms with Crippen LogP contribution in [0.15, 0.2) is 0 Å². The van der Waals surface area contributed by atoms with Gasteiger partial charge in [-0.3, -0.25) is 4.90 Å². The van der Waals surface area contributed by atoms with Gasteiger partial charge < -0.3 is 5.73 Å². The van der Waals surface area contributed by atoms with Crippen LogP contribution >= 0.6 is 0 Å². The first-order valence-corrected chi connectivity index (χ1v) is 7.24. The van der Waals surface area contributed by atoms with Crippen LogP contribution in [0.4, 0.5) is 0 Å². The van der Waals surface area contributed by atoms with Gasteiger partial charge in [0.25, 0.3) is 0 Å². The lowest BCUT2D eigenvalue weighted by Gasteiger charge is -2.36. The average molecular weight is 240 g/mol. The van der Waals surface area contributed by atoms with Crippen molar-refractivity contribution in [1.82, 2.24) is 4.90 Å². The van der Waals surface area contributed by atoms with Gasteiger partial charge in [-0.1, -0.05) is 34.6 Å². The number of nitrogens with two attached hydrogens (primary N) is 1. The summed E-state index contributed by atoms with van der Waals surface area (Å²) in [6.45, 7) is 14.8. The van der Waals surface area contributed by atoms with Gasteiger partial charge in [-0.05, 0) is 49.6 Å². The minimum Gasteiger partial charge on any atom is -0.330 e. The first kappa shape index (κ1) is 15.0. The minimum absolute atomic E-state index is 0.252. The Morgan fingerprint density at radius 2 is 2.00 bits per heavy atom. The summed E-state index contributed by atoms with van der Waals surface area (Å²) in [6.07, 6.45) is 5.35. The Kier molecular flexibility index (Phi) is 5.03. The zero-order chi connectivity index (χ0) is 13.1. The maximum absolute atomic E-state index is 5.88. The molecule has 0 aliphatic heterocycles. The maximum atomic E-state index is 5.88. The van der Waals surface area contributed by atoms with Gasteiger partial charge in [0, 0.05) is 12.6 Å². The van der Waals surface area contributed by atoms with E-state index in [9.17, 15) is 0 Å². The van der Waals surface area contributed by atoms with Gasteiger partial charge in [-0.25, -0.2) is 0 Å². The van der Waals surface area contributed by atoms with E-state index in [0.717, 1.165) is 19.1 Å². The first-order valence-electron chi connectivity index (χ1n) is 7.24. The monoisotopic (exact) mass is 240 g/mol. The average Bonchev–Trinajstić information content (AvgIpc) is 2.58. The molecule has 0 aromatic carbocycles. The highest BCUT2D eigenvalue weighted by molar-refractivity contribution is 4.89. The molecule has 1 aliphatic carbocycles. The van der Waals surface area contributed by atoms with Crippen LogP contribution in [-0.2, 0) is 0 Å². The van der Waals surface area contributed by atoms with E-state index < -0.39 is 0 Å². The molecule has 0 radical (unpaired) electrons. The van der Waals surface area contributed by atoms with Crippen molar-refractivity contribution in [3.8, 4) is 0 Å². The molecule has 0 saturated heterocycles. The largest absolute Gasteiger partial charge is 0.330 e. The number of rotatable bonds is 6. The van der Waals surface area contributed by atoms with Crippen molar-refractivity contribution in [3.05, 3.63) is 0 Å². The molecule has 0 amide bonds. The lowest BCUT2D eigenvalue weighted by Crippen LogP contribution is -2.44. The molecule has 17 heavy (non-hydrogen) atoms. The molecule has 1 unspecified atom stereocenters. The molecular formula is C15H32N2. The van der Waals surface area contributed by atoms with Crippen LogP contribution in [0.2, 0.25) is 0 Å². The van der Waals surface area contributed by atoms with E-state index in [1.807, 2.05) is 0 Å². The van der Waals surface area contributed by atoms with E-state index >= 15 is 0 Å². The predicted octanol–water partition coefficient (Wildman–Crippen LogP) is 3.26. The van der Waals surface area contributed by atoms with Crippen molar-refractivity contribution in [3.63, 3.8) is 0 Å². The van der Waals surface area contributed by atoms with Crippen LogP contribution < -0.4 is 5.73 Å². The number of hydrogen-bond acceptors (Lipinski definition) is 2. The number of hydrogen-bond donors (Lipinski definition) is 1. The summed E-state index contributed by atoms with van der Waals surface area (Å²) in [7, 11) is 0. The van der Waals surface area contributed by atoms with Crippen LogP contribution in [0, 0.1) is 10.8 Å². The summed E-state index contributed by atoms with van der Waals surface area (Å²) < 4.78 is 0. The Balaban J connectivity index is 2.60. The van der Waals surface area contributed by atoms with Gasteiger partial charge >= 0.3 is 0 Å². The van der Waals surface area contributed by atoms with Gasteiger partial charge in [-0.2, -0.15) is 0 Å². The Hall–Kier alpha value is -0.0800. The quantitative estimate of drug-likeness (QED) is 0.772. The van der Waals surface area contributed by atoms with Gasteiger partial charge in [0.1, 0.15) is 0 Å². The molecule has 0 aromatic rings. The molecule has 0 bridgehead atoms. The zero-order valence-corrected chi connectivity index (χ0v) is 12.6. The Morgan fingerprint density at radius 1 is 1.35 bits per heavy atom. The molecule has 2 heteroatoms. The van der Waals surface area contributed by atoms with Gasteiger partial charge in [0.15, 0.2) is 0 Å². The Bertz CT molecular complexity index is 233. The SMILES string of the molecule is CCCN(CC(C)(C)CN)C1CCC(C)(C)C1. The second kappa shape index (κ2) is 5.71. The fourth-order valence-electron chi connectivity index (χ4n) is 3.00. The van der Waals surface area contributed by atoms with Crippen molar-refractivity contribution in [2.45, 2.75) is 66.3 Å². The highest BCUT2D eigenvalue weighted by Gasteiger charge is 2.35. The van der Waals surface area contributed by atoms with E-state index in [0.29, 0.717) is 5.41 Å². The Morgan fingerprint density at radius 3 is 2.41 bits per heavy atom. The topological polar surface area (TPSA) is 29.3 Å². The standard InChI is InChI=1S/C15H32N2/c1-6-9-17(12-15(4,5)11-16)13-7-8-14(2,3)10-13/h13H,6-12,16H2,1-5H3. The van der Waals surface area contributed by atoms with E-state index in [4.69, 9.17) is 5.73 Å². The van der Waals surface area contributed by atoms with Crippen LogP contribution in [0.1, 0.15) is 60.3 Å². The highest BCUT2D eigenvalue weighted by atomic mass is 15.2. The third kappa shape index (κ3) is 4.59. The molecule has 0 heterocycles. The van der Waals surface area contributed by atoms with Crippen LogP contribution in [0.5, 0.6) is 0 Å². The van der Waals surface area contributed by atoms with Crippen molar-refractivity contribution in [1.29, 1.82) is 0 Å². The van der Waals surface area contributed by atoms with E-state index in [2.05, 4.69) is 39.5 Å². The van der Waals surface area contributed by atoms with Crippen molar-refractivity contribution >= 4 is 0 Å². The molecule has 2 nitrogen and oxygen atoms in total. The lowest BCUT2D eigenvalue weighted by atomic mass is 9.90. The van der Waals surface area contributed by atoms with Crippen LogP contribution in [0.25, 0.3) is 0 Å². The van der Waals surface area contributed by atoms with Crippen LogP contribution in [-0.4, -0.2) is 30.6 Å². The molecule has 1 rings (SSSR count). The molecule has 1 saturated carbocycles. The molecule has 1 aliphatic rings. The summed E-state index contributed by atoms with van der Waals surface area (Å²) in [4.78, 5) is 2.70. The smallest absolute Gasteiger partial charge is 0.0101 e. The second-order valence-electron chi connectivity index (χ2n) is 7.40. The van der Waals surface area contributed by atoms with E-state index in [1.54, 1.807) is 0 Å². The molecule has 2 N–H and O–H groups in total. The molecule has 0 spiro atoms. The highest BCUT2D eigenvalue weighted by Crippen LogP contribution is 2.40. The first-order chi connectivity index (χ1) is 7.79. The molecule has 0 aromatic heterocycles. The molecule has 1 fully saturated rings. The van der Waals surface area contributed by atoms with Gasteiger partial charge in [0.05, 0.1) is 0 Å². The molecular weight excluding hydrogens is 208 g/mol. The Labute approximate surface area is 108 Å². The normalized spacial score (nSPS) is 24.5. The van der Waals surface area contributed by atoms with Crippen LogP contribution in [0.3, 0.4) is 0 Å². The zero-order valence-electron chi connectivity index (χ0n) is 12.6. The number of nitrogens with zero attached hydrogens (tertiary/aromatic N) is 1. The fraction of sp³-hybridized carbons (Fsp3) is 1.00. The minimum atomic E-state index is 0.252. The summed E-state index contributed by atoms with van der Waals surface area (Å²) in [5.74, 6) is 0. The third-order valence-corrected chi connectivity index (χ3v) is 4.15. The van der Waals surface area contributed by atoms with E-state index in [-0.39, 0.29) is 5.41 Å². The van der Waals surface area contributed by atoms with Gasteiger partial charge in [-0.15, -0.1) is 0 Å². The second-order valence-corrected chi connectivity index (χ2v) is 7.40. The van der Waals surface area contributed by atoms with E-state index in [1.165, 1.54) is 32.2 Å². The summed E-state index contributed by atoms with van der Waals surface area (Å²) >= 11 is 0. The molecule has 1 atom stereocenters. The van der Waals surface area contributed by atoms with Crippen molar-refractivity contribution in [2.24, 2.45) is 16.6 Å². The maximum Gasteiger partial charge on any atom is 0.0101 e. The summed E-state index contributed by atoms with van der Waals surface area (Å²) in [5.41, 5.74) is 6.67. The lowest BCUT2D eigenvalue weighted by molar-refractivity contribution is 0.127. The predicted molar refractivity (Wildman–Crippen MR) is 76.1 cm³/mol. The summed E-state index contributed by atoms with van der Waals surface area (Å²) in [5, 5.41) is 0. The molecule has 102 valence electrons. The van der Waals surface area contributed by atoms with Gasteiger partial charge in [0.2, 0.25) is 0 Å². The fourth-order valence-corrected chi connectivity index (χ4v) is 3.00. The third-order valence-electron chi connectivity index (χ3n) is 4.15. The van der Waals surface area contributed by atoms with Crippen molar-refractivity contribution in [2.75, 3.05) is 19.6 Å².